The lowest BCUT2D eigenvalue weighted by molar-refractivity contribution is -0.137. The Hall–Kier alpha value is -3.26. The van der Waals surface area contributed by atoms with E-state index in [1.54, 1.807) is 7.11 Å². The first kappa shape index (κ1) is 24.9. The molecule has 0 spiro atoms. The zero-order chi connectivity index (χ0) is 24.6. The highest BCUT2D eigenvalue weighted by molar-refractivity contribution is 5.83. The normalized spacial score (nSPS) is 22.1. The van der Waals surface area contributed by atoms with Crippen molar-refractivity contribution in [1.82, 2.24) is 10.2 Å². The second kappa shape index (κ2) is 11.9. The second-order valence-electron chi connectivity index (χ2n) is 9.16. The van der Waals surface area contributed by atoms with Crippen molar-refractivity contribution in [2.75, 3.05) is 58.5 Å². The van der Waals surface area contributed by atoms with Gasteiger partial charge in [-0.1, -0.05) is 30.3 Å². The molecule has 0 unspecified atom stereocenters. The van der Waals surface area contributed by atoms with E-state index < -0.39 is 0 Å². The summed E-state index contributed by atoms with van der Waals surface area (Å²) in [7, 11) is 3.17. The van der Waals surface area contributed by atoms with Gasteiger partial charge < -0.3 is 29.3 Å². The monoisotopic (exact) mass is 481 g/mol. The molecule has 0 radical (unpaired) electrons. The number of piperazine rings is 1. The number of para-hydroxylation sites is 3. The number of anilines is 1. The first-order valence-electron chi connectivity index (χ1n) is 12.2. The summed E-state index contributed by atoms with van der Waals surface area (Å²) in [5.41, 5.74) is 1.05. The van der Waals surface area contributed by atoms with E-state index in [1.807, 2.05) is 59.5 Å². The van der Waals surface area contributed by atoms with Gasteiger partial charge in [-0.2, -0.15) is 0 Å². The minimum absolute atomic E-state index is 0.0137. The van der Waals surface area contributed by atoms with Gasteiger partial charge in [0.05, 0.1) is 25.3 Å². The number of methoxy groups -OCH3 is 2. The van der Waals surface area contributed by atoms with E-state index in [0.29, 0.717) is 32.5 Å². The van der Waals surface area contributed by atoms with Gasteiger partial charge in [0.25, 0.3) is 0 Å². The Kier molecular flexibility index (Phi) is 8.47. The van der Waals surface area contributed by atoms with Crippen LogP contribution in [0.25, 0.3) is 0 Å². The van der Waals surface area contributed by atoms with Crippen LogP contribution >= 0.6 is 0 Å². The van der Waals surface area contributed by atoms with Gasteiger partial charge in [0, 0.05) is 39.3 Å². The number of hydrogen-bond donors (Lipinski definition) is 1. The Morgan fingerprint density at radius 3 is 2.37 bits per heavy atom. The van der Waals surface area contributed by atoms with Crippen LogP contribution in [-0.2, 0) is 14.3 Å². The van der Waals surface area contributed by atoms with Crippen LogP contribution in [-0.4, -0.2) is 76.4 Å². The van der Waals surface area contributed by atoms with E-state index >= 15 is 0 Å². The molecule has 1 aliphatic carbocycles. The van der Waals surface area contributed by atoms with Crippen molar-refractivity contribution < 1.29 is 23.8 Å². The van der Waals surface area contributed by atoms with Crippen LogP contribution in [0.1, 0.15) is 12.8 Å². The van der Waals surface area contributed by atoms with Crippen LogP contribution in [0.3, 0.4) is 0 Å². The summed E-state index contributed by atoms with van der Waals surface area (Å²) < 4.78 is 16.5. The predicted molar refractivity (Wildman–Crippen MR) is 134 cm³/mol. The van der Waals surface area contributed by atoms with Gasteiger partial charge in [-0.05, 0) is 43.0 Å². The quantitative estimate of drug-likeness (QED) is 0.593. The van der Waals surface area contributed by atoms with E-state index in [-0.39, 0.29) is 36.3 Å². The number of carbonyl (C=O) groups excluding carboxylic acids is 2. The highest BCUT2D eigenvalue weighted by Crippen LogP contribution is 2.34. The molecule has 2 aromatic carbocycles. The van der Waals surface area contributed by atoms with Gasteiger partial charge in [-0.15, -0.1) is 0 Å². The third-order valence-corrected chi connectivity index (χ3v) is 6.85. The molecule has 3 atom stereocenters. The largest absolute Gasteiger partial charge is 0.495 e. The Bertz CT molecular complexity index is 978. The lowest BCUT2D eigenvalue weighted by Crippen LogP contribution is -2.53. The van der Waals surface area contributed by atoms with Crippen LogP contribution in [0, 0.1) is 11.8 Å². The molecule has 2 aliphatic rings. The van der Waals surface area contributed by atoms with Crippen LogP contribution in [0.4, 0.5) is 5.69 Å². The van der Waals surface area contributed by atoms with E-state index in [1.165, 1.54) is 7.11 Å². The van der Waals surface area contributed by atoms with Crippen molar-refractivity contribution >= 4 is 17.5 Å². The van der Waals surface area contributed by atoms with E-state index in [9.17, 15) is 9.59 Å². The highest BCUT2D eigenvalue weighted by atomic mass is 16.5. The van der Waals surface area contributed by atoms with Gasteiger partial charge >= 0.3 is 0 Å². The molecule has 8 nitrogen and oxygen atoms in total. The topological polar surface area (TPSA) is 80.3 Å². The molecule has 2 amide bonds. The molecule has 2 aromatic rings. The molecule has 2 fully saturated rings. The third-order valence-electron chi connectivity index (χ3n) is 6.85. The Morgan fingerprint density at radius 1 is 0.943 bits per heavy atom. The predicted octanol–water partition coefficient (Wildman–Crippen LogP) is 2.58. The molecule has 0 aromatic heterocycles. The number of nitrogens with zero attached hydrogens (tertiary/aromatic N) is 2. The number of benzene rings is 2. The molecule has 35 heavy (non-hydrogen) atoms. The van der Waals surface area contributed by atoms with Crippen LogP contribution in [0.15, 0.2) is 54.6 Å². The Balaban J connectivity index is 1.38. The lowest BCUT2D eigenvalue weighted by Gasteiger charge is -2.38. The average molecular weight is 482 g/mol. The van der Waals surface area contributed by atoms with Crippen molar-refractivity contribution in [2.45, 2.75) is 18.9 Å². The minimum atomic E-state index is -0.266. The molecule has 1 N–H and O–H groups in total. The second-order valence-corrected chi connectivity index (χ2v) is 9.16. The molecule has 4 rings (SSSR count). The standard InChI is InChI=1S/C27H35N3O5/c1-33-19-26(31)28-23-17-20(18-35-21-8-4-3-5-9-21)16-22(23)27(32)30-14-12-29(13-15-30)24-10-6-7-11-25(24)34-2/h3-11,20,22-23H,12-19H2,1-2H3,(H,28,31)/t20-,22-,23-/m1/s1. The SMILES string of the molecule is COCC(=O)N[C@@H]1C[C@H](COc2ccccc2)C[C@H]1C(=O)N1CCN(c2ccccc2OC)CC1. The van der Waals surface area contributed by atoms with Crippen molar-refractivity contribution in [1.29, 1.82) is 0 Å². The lowest BCUT2D eigenvalue weighted by atomic mass is 10.0. The molecule has 1 saturated heterocycles. The fourth-order valence-corrected chi connectivity index (χ4v) is 5.12. The summed E-state index contributed by atoms with van der Waals surface area (Å²) in [4.78, 5) is 30.1. The molecular weight excluding hydrogens is 446 g/mol. The van der Waals surface area contributed by atoms with Gasteiger partial charge in [-0.25, -0.2) is 0 Å². The van der Waals surface area contributed by atoms with Gasteiger partial charge in [-0.3, -0.25) is 9.59 Å². The number of carbonyl (C=O) groups is 2. The minimum Gasteiger partial charge on any atom is -0.495 e. The summed E-state index contributed by atoms with van der Waals surface area (Å²) in [6, 6.07) is 17.4. The number of ether oxygens (including phenoxy) is 3. The van der Waals surface area contributed by atoms with Crippen molar-refractivity contribution in [2.24, 2.45) is 11.8 Å². The third kappa shape index (κ3) is 6.25. The molecular formula is C27H35N3O5. The smallest absolute Gasteiger partial charge is 0.246 e. The molecule has 8 heteroatoms. The van der Waals surface area contributed by atoms with Crippen LogP contribution < -0.4 is 19.7 Å². The van der Waals surface area contributed by atoms with E-state index in [2.05, 4.69) is 10.2 Å². The molecule has 1 saturated carbocycles. The number of hydrogen-bond acceptors (Lipinski definition) is 6. The number of amides is 2. The number of nitrogens with one attached hydrogen (secondary N) is 1. The molecule has 188 valence electrons. The zero-order valence-corrected chi connectivity index (χ0v) is 20.5. The van der Waals surface area contributed by atoms with Crippen molar-refractivity contribution in [3.8, 4) is 11.5 Å². The maximum absolute atomic E-state index is 13.6. The zero-order valence-electron chi connectivity index (χ0n) is 20.5. The fraction of sp³-hybridized carbons (Fsp3) is 0.481. The van der Waals surface area contributed by atoms with Crippen molar-refractivity contribution in [3.63, 3.8) is 0 Å². The molecule has 1 heterocycles. The van der Waals surface area contributed by atoms with Gasteiger partial charge in [0.2, 0.25) is 11.8 Å². The van der Waals surface area contributed by atoms with Gasteiger partial charge in [0.1, 0.15) is 18.1 Å². The Labute approximate surface area is 207 Å². The maximum Gasteiger partial charge on any atom is 0.246 e. The van der Waals surface area contributed by atoms with E-state index in [0.717, 1.165) is 30.3 Å². The Morgan fingerprint density at radius 2 is 1.66 bits per heavy atom. The number of rotatable bonds is 9. The highest BCUT2D eigenvalue weighted by Gasteiger charge is 2.42. The first-order valence-corrected chi connectivity index (χ1v) is 12.2. The van der Waals surface area contributed by atoms with Crippen LogP contribution in [0.2, 0.25) is 0 Å². The van der Waals surface area contributed by atoms with Gasteiger partial charge in [0.15, 0.2) is 0 Å². The van der Waals surface area contributed by atoms with Crippen molar-refractivity contribution in [3.05, 3.63) is 54.6 Å². The maximum atomic E-state index is 13.6. The molecule has 1 aliphatic heterocycles. The molecule has 0 bridgehead atoms. The summed E-state index contributed by atoms with van der Waals surface area (Å²) in [6.07, 6.45) is 1.40. The summed E-state index contributed by atoms with van der Waals surface area (Å²) in [6.45, 7) is 3.25. The summed E-state index contributed by atoms with van der Waals surface area (Å²) in [5.74, 6) is 1.49. The van der Waals surface area contributed by atoms with Crippen LogP contribution in [0.5, 0.6) is 11.5 Å². The average Bonchev–Trinajstić information content (AvgIpc) is 3.30. The summed E-state index contributed by atoms with van der Waals surface area (Å²) >= 11 is 0. The summed E-state index contributed by atoms with van der Waals surface area (Å²) in [5, 5.41) is 3.03. The fourth-order valence-electron chi connectivity index (χ4n) is 5.12. The van der Waals surface area contributed by atoms with E-state index in [4.69, 9.17) is 14.2 Å². The first-order chi connectivity index (χ1) is 17.1.